The normalized spacial score (nSPS) is 31.2. The average Bonchev–Trinajstić information content (AvgIpc) is 2.72. The first-order valence-corrected chi connectivity index (χ1v) is 5.35. The van der Waals surface area contributed by atoms with Gasteiger partial charge in [-0.25, -0.2) is 4.79 Å². The Morgan fingerprint density at radius 2 is 2.56 bits per heavy atom. The Kier molecular flexibility index (Phi) is 2.00. The zero-order chi connectivity index (χ0) is 11.2. The summed E-state index contributed by atoms with van der Waals surface area (Å²) in [5, 5.41) is 3.63. The fourth-order valence-electron chi connectivity index (χ4n) is 2.19. The van der Waals surface area contributed by atoms with Gasteiger partial charge in [0.1, 0.15) is 0 Å². The molecule has 1 aromatic rings. The first-order valence-electron chi connectivity index (χ1n) is 5.35. The van der Waals surface area contributed by atoms with E-state index in [4.69, 9.17) is 14.0 Å². The summed E-state index contributed by atoms with van der Waals surface area (Å²) in [5.74, 6) is 0.454. The van der Waals surface area contributed by atoms with E-state index in [0.717, 1.165) is 13.0 Å². The molecule has 6 nitrogen and oxygen atoms in total. The molecule has 2 heterocycles. The van der Waals surface area contributed by atoms with Crippen LogP contribution in [0.4, 0.5) is 0 Å². The van der Waals surface area contributed by atoms with E-state index in [1.165, 1.54) is 0 Å². The minimum Gasteiger partial charge on any atom is -0.460 e. The average molecular weight is 224 g/mol. The number of nitrogens with zero attached hydrogens (tertiary/aromatic N) is 2. The molecule has 6 heteroatoms. The second kappa shape index (κ2) is 3.28. The predicted molar refractivity (Wildman–Crippen MR) is 50.9 cm³/mol. The van der Waals surface area contributed by atoms with E-state index in [2.05, 4.69) is 10.1 Å². The summed E-state index contributed by atoms with van der Waals surface area (Å²) in [7, 11) is 0. The van der Waals surface area contributed by atoms with E-state index in [9.17, 15) is 4.79 Å². The van der Waals surface area contributed by atoms with E-state index in [1.807, 2.05) is 0 Å². The van der Waals surface area contributed by atoms with Gasteiger partial charge in [0.05, 0.1) is 25.2 Å². The van der Waals surface area contributed by atoms with Crippen LogP contribution in [-0.4, -0.2) is 35.9 Å². The second-order valence-electron chi connectivity index (χ2n) is 4.22. The van der Waals surface area contributed by atoms with Crippen LogP contribution in [0.5, 0.6) is 0 Å². The molecule has 1 aliphatic heterocycles. The number of hydrogen-bond donors (Lipinski definition) is 0. The molecule has 3 rings (SSSR count). The summed E-state index contributed by atoms with van der Waals surface area (Å²) in [4.78, 5) is 15.4. The molecular formula is C10H12N2O4. The molecular weight excluding hydrogens is 212 g/mol. The van der Waals surface area contributed by atoms with Crippen LogP contribution < -0.4 is 0 Å². The van der Waals surface area contributed by atoms with Crippen LogP contribution in [0.2, 0.25) is 0 Å². The highest BCUT2D eigenvalue weighted by molar-refractivity contribution is 5.84. The van der Waals surface area contributed by atoms with Crippen molar-refractivity contribution in [3.05, 3.63) is 11.7 Å². The third-order valence-corrected chi connectivity index (χ3v) is 3.22. The van der Waals surface area contributed by atoms with Crippen molar-refractivity contribution in [2.75, 3.05) is 19.8 Å². The number of aromatic nitrogens is 2. The predicted octanol–water partition coefficient (Wildman–Crippen LogP) is 0.534. The second-order valence-corrected chi connectivity index (χ2v) is 4.22. The van der Waals surface area contributed by atoms with Gasteiger partial charge in [-0.1, -0.05) is 0 Å². The zero-order valence-corrected chi connectivity index (χ0v) is 8.93. The molecule has 1 aromatic heterocycles. The fraction of sp³-hybridized carbons (Fsp3) is 0.700. The standard InChI is InChI=1S/C10H12N2O4/c1-2-15-8(13)7-11-9(16-12-7)10-3-6(10)4-14-5-10/h6H,2-5H2,1H3. The van der Waals surface area contributed by atoms with Crippen LogP contribution in [0.15, 0.2) is 4.52 Å². The molecule has 2 unspecified atom stereocenters. The van der Waals surface area contributed by atoms with Crippen molar-refractivity contribution >= 4 is 5.97 Å². The molecule has 1 saturated carbocycles. The van der Waals surface area contributed by atoms with Crippen LogP contribution in [-0.2, 0) is 14.9 Å². The van der Waals surface area contributed by atoms with Crippen LogP contribution in [0, 0.1) is 5.92 Å². The number of hydrogen-bond acceptors (Lipinski definition) is 6. The van der Waals surface area contributed by atoms with Crippen molar-refractivity contribution in [2.24, 2.45) is 5.92 Å². The van der Waals surface area contributed by atoms with E-state index >= 15 is 0 Å². The lowest BCUT2D eigenvalue weighted by Gasteiger charge is -2.02. The van der Waals surface area contributed by atoms with Crippen LogP contribution in [0.25, 0.3) is 0 Å². The molecule has 2 aliphatic rings. The van der Waals surface area contributed by atoms with Crippen LogP contribution >= 0.6 is 0 Å². The number of esters is 1. The number of ether oxygens (including phenoxy) is 2. The zero-order valence-electron chi connectivity index (χ0n) is 8.93. The van der Waals surface area contributed by atoms with Crippen molar-refractivity contribution in [1.29, 1.82) is 0 Å². The van der Waals surface area contributed by atoms with Gasteiger partial charge in [0.2, 0.25) is 5.89 Å². The first-order chi connectivity index (χ1) is 7.76. The van der Waals surface area contributed by atoms with Crippen molar-refractivity contribution in [2.45, 2.75) is 18.8 Å². The van der Waals surface area contributed by atoms with Crippen molar-refractivity contribution in [3.8, 4) is 0 Å². The Labute approximate surface area is 91.9 Å². The molecule has 0 aromatic carbocycles. The maximum absolute atomic E-state index is 11.4. The highest BCUT2D eigenvalue weighted by atomic mass is 16.5. The van der Waals surface area contributed by atoms with E-state index in [0.29, 0.717) is 25.0 Å². The largest absolute Gasteiger partial charge is 0.460 e. The fourth-order valence-corrected chi connectivity index (χ4v) is 2.19. The van der Waals surface area contributed by atoms with Crippen LogP contribution in [0.1, 0.15) is 29.9 Å². The molecule has 0 bridgehead atoms. The summed E-state index contributed by atoms with van der Waals surface area (Å²) >= 11 is 0. The quantitative estimate of drug-likeness (QED) is 0.697. The van der Waals surface area contributed by atoms with Gasteiger partial charge in [0.15, 0.2) is 0 Å². The van der Waals surface area contributed by atoms with E-state index in [-0.39, 0.29) is 11.2 Å². The lowest BCUT2D eigenvalue weighted by molar-refractivity contribution is 0.0508. The van der Waals surface area contributed by atoms with Gasteiger partial charge in [0, 0.05) is 5.92 Å². The van der Waals surface area contributed by atoms with Gasteiger partial charge in [-0.3, -0.25) is 0 Å². The number of carbonyl (C=O) groups excluding carboxylic acids is 1. The molecule has 1 saturated heterocycles. The third kappa shape index (κ3) is 1.26. The van der Waals surface area contributed by atoms with Crippen molar-refractivity contribution < 1.29 is 18.8 Å². The number of fused-ring (bicyclic) bond motifs is 1. The van der Waals surface area contributed by atoms with E-state index < -0.39 is 5.97 Å². The van der Waals surface area contributed by atoms with Gasteiger partial charge in [0.25, 0.3) is 5.82 Å². The molecule has 0 radical (unpaired) electrons. The summed E-state index contributed by atoms with van der Waals surface area (Å²) in [5.41, 5.74) is -0.113. The lowest BCUT2D eigenvalue weighted by Crippen LogP contribution is -2.13. The molecule has 0 spiro atoms. The summed E-state index contributed by atoms with van der Waals surface area (Å²) in [6, 6.07) is 0. The van der Waals surface area contributed by atoms with Gasteiger partial charge in [-0.05, 0) is 18.5 Å². The van der Waals surface area contributed by atoms with Crippen LogP contribution in [0.3, 0.4) is 0 Å². The van der Waals surface area contributed by atoms with Gasteiger partial charge in [-0.2, -0.15) is 4.98 Å². The Hall–Kier alpha value is -1.43. The lowest BCUT2D eigenvalue weighted by atomic mass is 10.1. The third-order valence-electron chi connectivity index (χ3n) is 3.22. The Bertz CT molecular complexity index is 430. The molecule has 0 N–H and O–H groups in total. The minimum absolute atomic E-state index is 0.00350. The molecule has 86 valence electrons. The molecule has 2 atom stereocenters. The molecule has 2 fully saturated rings. The highest BCUT2D eigenvalue weighted by Gasteiger charge is 2.63. The molecule has 0 amide bonds. The first kappa shape index (κ1) is 9.77. The van der Waals surface area contributed by atoms with Gasteiger partial charge in [-0.15, -0.1) is 0 Å². The highest BCUT2D eigenvalue weighted by Crippen LogP contribution is 2.57. The van der Waals surface area contributed by atoms with E-state index in [1.54, 1.807) is 6.92 Å². The smallest absolute Gasteiger partial charge is 0.379 e. The molecule has 16 heavy (non-hydrogen) atoms. The Morgan fingerprint density at radius 3 is 3.19 bits per heavy atom. The Balaban J connectivity index is 1.81. The van der Waals surface area contributed by atoms with Gasteiger partial charge < -0.3 is 14.0 Å². The molecule has 1 aliphatic carbocycles. The maximum Gasteiger partial charge on any atom is 0.379 e. The Morgan fingerprint density at radius 1 is 1.69 bits per heavy atom. The summed E-state index contributed by atoms with van der Waals surface area (Å²) in [6.07, 6.45) is 1.01. The number of carbonyl (C=O) groups is 1. The monoisotopic (exact) mass is 224 g/mol. The SMILES string of the molecule is CCOC(=O)c1noc(C23COCC2C3)n1. The maximum atomic E-state index is 11.4. The summed E-state index contributed by atoms with van der Waals surface area (Å²) < 4.78 is 15.3. The summed E-state index contributed by atoms with van der Waals surface area (Å²) in [6.45, 7) is 3.40. The van der Waals surface area contributed by atoms with Crippen molar-refractivity contribution in [3.63, 3.8) is 0 Å². The topological polar surface area (TPSA) is 74.5 Å². The minimum atomic E-state index is -0.537. The van der Waals surface area contributed by atoms with Gasteiger partial charge >= 0.3 is 5.97 Å². The van der Waals surface area contributed by atoms with Crippen molar-refractivity contribution in [1.82, 2.24) is 10.1 Å². The number of rotatable bonds is 3.